The minimum atomic E-state index is -1.28. The second-order valence-electron chi connectivity index (χ2n) is 11.2. The monoisotopic (exact) mass is 538 g/mol. The number of ether oxygens (including phenoxy) is 3. The predicted octanol–water partition coefficient (Wildman–Crippen LogP) is 5.31. The van der Waals surface area contributed by atoms with Crippen LogP contribution in [0.4, 0.5) is 11.4 Å². The molecule has 2 bridgehead atoms. The molecule has 3 unspecified atom stereocenters. The van der Waals surface area contributed by atoms with E-state index in [2.05, 4.69) is 4.85 Å². The van der Waals surface area contributed by atoms with Gasteiger partial charge in [0.15, 0.2) is 11.3 Å². The molecule has 0 N–H and O–H groups in total. The van der Waals surface area contributed by atoms with E-state index < -0.39 is 34.6 Å². The summed E-state index contributed by atoms with van der Waals surface area (Å²) in [5.74, 6) is -2.43. The van der Waals surface area contributed by atoms with Gasteiger partial charge in [-0.25, -0.2) is 14.5 Å². The van der Waals surface area contributed by atoms with Crippen LogP contribution in [-0.4, -0.2) is 42.7 Å². The third-order valence-electron chi connectivity index (χ3n) is 9.13. The molecule has 3 aliphatic rings. The van der Waals surface area contributed by atoms with E-state index in [-0.39, 0.29) is 24.8 Å². The molecule has 0 spiro atoms. The fourth-order valence-electron chi connectivity index (χ4n) is 6.94. The Hall–Kier alpha value is -4.06. The van der Waals surface area contributed by atoms with Crippen molar-refractivity contribution in [3.05, 3.63) is 83.7 Å². The smallest absolute Gasteiger partial charge is 0.342 e. The molecule has 6 rings (SSSR count). The van der Waals surface area contributed by atoms with Crippen LogP contribution in [0.3, 0.4) is 0 Å². The number of rotatable bonds is 7. The number of esters is 1. The maximum atomic E-state index is 14.1. The highest BCUT2D eigenvalue weighted by molar-refractivity contribution is 6.26. The summed E-state index contributed by atoms with van der Waals surface area (Å²) in [6.45, 7) is 11.1. The maximum absolute atomic E-state index is 14.1. The Morgan fingerprint density at radius 1 is 1.02 bits per heavy atom. The second-order valence-corrected chi connectivity index (χ2v) is 11.2. The zero-order valence-corrected chi connectivity index (χ0v) is 22.7. The summed E-state index contributed by atoms with van der Waals surface area (Å²) in [7, 11) is 1.46. The molecule has 5 atom stereocenters. The Bertz CT molecular complexity index is 1580. The van der Waals surface area contributed by atoms with Crippen LogP contribution in [0.5, 0.6) is 0 Å². The van der Waals surface area contributed by atoms with Crippen molar-refractivity contribution in [2.45, 2.75) is 49.9 Å². The molecule has 3 heterocycles. The van der Waals surface area contributed by atoms with E-state index in [1.807, 2.05) is 61.5 Å². The summed E-state index contributed by atoms with van der Waals surface area (Å²) < 4.78 is 17.8. The summed E-state index contributed by atoms with van der Waals surface area (Å²) in [5.41, 5.74) is -1.36. The fraction of sp³-hybridized carbons (Fsp3) is 0.375. The molecule has 3 aliphatic heterocycles. The van der Waals surface area contributed by atoms with Gasteiger partial charge in [-0.3, -0.25) is 9.59 Å². The van der Waals surface area contributed by atoms with E-state index in [4.69, 9.17) is 20.8 Å². The number of amides is 2. The quantitative estimate of drug-likeness (QED) is 0.230. The lowest BCUT2D eigenvalue weighted by molar-refractivity contribution is -0.170. The number of imide groups is 1. The fourth-order valence-corrected chi connectivity index (χ4v) is 6.94. The van der Waals surface area contributed by atoms with Gasteiger partial charge in [0.2, 0.25) is 11.8 Å². The lowest BCUT2D eigenvalue weighted by Crippen LogP contribution is -2.43. The number of hydrogen-bond acceptors (Lipinski definition) is 6. The molecule has 204 valence electrons. The van der Waals surface area contributed by atoms with Gasteiger partial charge < -0.3 is 14.2 Å². The summed E-state index contributed by atoms with van der Waals surface area (Å²) in [6.07, 6.45) is 1.51. The van der Waals surface area contributed by atoms with Gasteiger partial charge in [-0.05, 0) is 49.1 Å². The molecule has 40 heavy (non-hydrogen) atoms. The minimum absolute atomic E-state index is 0.0218. The average molecular weight is 539 g/mol. The van der Waals surface area contributed by atoms with Crippen molar-refractivity contribution in [2.24, 2.45) is 11.8 Å². The Morgan fingerprint density at radius 2 is 1.70 bits per heavy atom. The van der Waals surface area contributed by atoms with Crippen molar-refractivity contribution in [1.82, 2.24) is 0 Å². The SMILES string of the molecule is [C-]#[N+]c1ccc(N2C(=O)[C@@H]3[C@H](C2=O)C2(C)CCC3(CCOC(=O)C(C)(OC)c3ccccc3)O2)c2ccccc12. The van der Waals surface area contributed by atoms with E-state index in [1.54, 1.807) is 19.1 Å². The first-order chi connectivity index (χ1) is 19.2. The van der Waals surface area contributed by atoms with Crippen LogP contribution in [0.25, 0.3) is 15.6 Å². The summed E-state index contributed by atoms with van der Waals surface area (Å²) in [6, 6.07) is 19.8. The van der Waals surface area contributed by atoms with Gasteiger partial charge in [-0.2, -0.15) is 0 Å². The molecule has 0 aromatic heterocycles. The van der Waals surface area contributed by atoms with E-state index in [9.17, 15) is 14.4 Å². The largest absolute Gasteiger partial charge is 0.463 e. The average Bonchev–Trinajstić information content (AvgIpc) is 3.56. The first kappa shape index (κ1) is 26.2. The van der Waals surface area contributed by atoms with Gasteiger partial charge in [-0.15, -0.1) is 0 Å². The molecular weight excluding hydrogens is 508 g/mol. The number of anilines is 1. The number of fused-ring (bicyclic) bond motifs is 6. The number of hydrogen-bond donors (Lipinski definition) is 0. The van der Waals surface area contributed by atoms with Gasteiger partial charge in [0.25, 0.3) is 0 Å². The molecule has 0 saturated carbocycles. The maximum Gasteiger partial charge on any atom is 0.342 e. The number of carbonyl (C=O) groups is 3. The van der Waals surface area contributed by atoms with Crippen molar-refractivity contribution < 1.29 is 28.6 Å². The van der Waals surface area contributed by atoms with Crippen molar-refractivity contribution in [2.75, 3.05) is 18.6 Å². The Kier molecular flexibility index (Phi) is 6.06. The zero-order chi connectivity index (χ0) is 28.3. The van der Waals surface area contributed by atoms with Crippen LogP contribution < -0.4 is 4.90 Å². The lowest BCUT2D eigenvalue weighted by atomic mass is 9.67. The highest BCUT2D eigenvalue weighted by Crippen LogP contribution is 2.62. The first-order valence-electron chi connectivity index (χ1n) is 13.4. The third-order valence-corrected chi connectivity index (χ3v) is 9.13. The van der Waals surface area contributed by atoms with Gasteiger partial charge in [0.1, 0.15) is 0 Å². The first-order valence-corrected chi connectivity index (χ1v) is 13.4. The molecule has 0 aliphatic carbocycles. The minimum Gasteiger partial charge on any atom is -0.463 e. The van der Waals surface area contributed by atoms with Crippen molar-refractivity contribution in [1.29, 1.82) is 0 Å². The van der Waals surface area contributed by atoms with Crippen molar-refractivity contribution >= 4 is 39.9 Å². The molecule has 3 fully saturated rings. The summed E-state index contributed by atoms with van der Waals surface area (Å²) in [5, 5.41) is 1.37. The summed E-state index contributed by atoms with van der Waals surface area (Å²) in [4.78, 5) is 46.0. The van der Waals surface area contributed by atoms with Crippen LogP contribution >= 0.6 is 0 Å². The second kappa shape index (κ2) is 9.26. The Balaban J connectivity index is 1.27. The van der Waals surface area contributed by atoms with Crippen LogP contribution in [0, 0.1) is 18.4 Å². The molecule has 2 amide bonds. The van der Waals surface area contributed by atoms with Crippen molar-refractivity contribution in [3.8, 4) is 0 Å². The predicted molar refractivity (Wildman–Crippen MR) is 148 cm³/mol. The molecule has 3 saturated heterocycles. The topological polar surface area (TPSA) is 86.5 Å². The number of methoxy groups -OCH3 is 1. The molecule has 8 nitrogen and oxygen atoms in total. The van der Waals surface area contributed by atoms with E-state index in [0.717, 1.165) is 0 Å². The normalized spacial score (nSPS) is 28.4. The highest BCUT2D eigenvalue weighted by atomic mass is 16.6. The Morgan fingerprint density at radius 3 is 2.40 bits per heavy atom. The van der Waals surface area contributed by atoms with Crippen molar-refractivity contribution in [3.63, 3.8) is 0 Å². The Labute approximate surface area is 232 Å². The van der Waals surface area contributed by atoms with E-state index in [0.29, 0.717) is 40.6 Å². The van der Waals surface area contributed by atoms with E-state index in [1.165, 1.54) is 12.0 Å². The highest BCUT2D eigenvalue weighted by Gasteiger charge is 2.74. The standard InChI is InChI=1S/C32H30N2O6/c1-30-16-17-32(40-30,18-19-39-29(37)31(2,38-4)20-10-6-5-7-11-20)26-25(30)27(35)34(28(26)36)24-15-14-23(33-3)21-12-8-9-13-22(21)24/h5-15,25-26H,16-19H2,1-2,4H3/t25-,26+,30?,31?,32?/m1/s1. The van der Waals surface area contributed by atoms with Gasteiger partial charge >= 0.3 is 5.97 Å². The molecule has 0 radical (unpaired) electrons. The molecule has 3 aromatic carbocycles. The number of carbonyl (C=O) groups excluding carboxylic acids is 3. The lowest BCUT2D eigenvalue weighted by Gasteiger charge is -2.32. The molecular formula is C32H30N2O6. The van der Waals surface area contributed by atoms with Crippen LogP contribution in [0.15, 0.2) is 66.7 Å². The van der Waals surface area contributed by atoms with Gasteiger partial charge in [-0.1, -0.05) is 60.7 Å². The zero-order valence-electron chi connectivity index (χ0n) is 22.7. The molecule has 3 aromatic rings. The number of nitrogens with zero attached hydrogens (tertiary/aromatic N) is 2. The van der Waals surface area contributed by atoms with Crippen LogP contribution in [-0.2, 0) is 34.2 Å². The van der Waals surface area contributed by atoms with Crippen LogP contribution in [0.1, 0.15) is 38.7 Å². The summed E-state index contributed by atoms with van der Waals surface area (Å²) >= 11 is 0. The van der Waals surface area contributed by atoms with Gasteiger partial charge in [0, 0.05) is 13.5 Å². The molecule has 8 heteroatoms. The third kappa shape index (κ3) is 3.61. The van der Waals surface area contributed by atoms with Gasteiger partial charge in [0.05, 0.1) is 41.9 Å². The van der Waals surface area contributed by atoms with Crippen LogP contribution in [0.2, 0.25) is 0 Å². The number of benzene rings is 3. The van der Waals surface area contributed by atoms with E-state index >= 15 is 0 Å².